The maximum absolute atomic E-state index is 10.3. The van der Waals surface area contributed by atoms with Crippen LogP contribution in [0.5, 0.6) is 0 Å². The molecule has 1 spiro atoms. The summed E-state index contributed by atoms with van der Waals surface area (Å²) in [5.41, 5.74) is 0.0939. The first kappa shape index (κ1) is 14.3. The summed E-state index contributed by atoms with van der Waals surface area (Å²) in [5.74, 6) is -0.176. The van der Waals surface area contributed by atoms with Gasteiger partial charge in [0.05, 0.1) is 19.3 Å². The van der Waals surface area contributed by atoms with Gasteiger partial charge in [0, 0.05) is 24.8 Å². The van der Waals surface area contributed by atoms with Crippen LogP contribution in [0, 0.1) is 11.3 Å². The maximum Gasteiger partial charge on any atom is 0.170 e. The van der Waals surface area contributed by atoms with E-state index in [0.717, 1.165) is 32.6 Å². The average Bonchev–Trinajstić information content (AvgIpc) is 2.27. The van der Waals surface area contributed by atoms with Crippen LogP contribution in [0.1, 0.15) is 33.1 Å². The summed E-state index contributed by atoms with van der Waals surface area (Å²) >= 11 is 0. The van der Waals surface area contributed by atoms with Gasteiger partial charge in [-0.1, -0.05) is 13.8 Å². The highest BCUT2D eigenvalue weighted by molar-refractivity contribution is 4.90. The number of hydrogen-bond donors (Lipinski definition) is 1. The highest BCUT2D eigenvalue weighted by atomic mass is 16.7. The summed E-state index contributed by atoms with van der Waals surface area (Å²) in [6.07, 6.45) is 2.17. The van der Waals surface area contributed by atoms with E-state index < -0.39 is 5.79 Å². The molecule has 2 unspecified atom stereocenters. The molecule has 1 aliphatic heterocycles. The van der Waals surface area contributed by atoms with Crippen molar-refractivity contribution in [2.45, 2.75) is 45.0 Å². The zero-order valence-corrected chi connectivity index (χ0v) is 12.1. The Kier molecular flexibility index (Phi) is 4.02. The third kappa shape index (κ3) is 3.23. The van der Waals surface area contributed by atoms with Gasteiger partial charge >= 0.3 is 0 Å². The fraction of sp³-hybridized carbons (Fsp3) is 1.00. The lowest BCUT2D eigenvalue weighted by atomic mass is 9.81. The van der Waals surface area contributed by atoms with Gasteiger partial charge in [-0.25, -0.2) is 0 Å². The molecule has 2 rings (SSSR count). The second kappa shape index (κ2) is 5.08. The largest absolute Gasteiger partial charge is 0.393 e. The van der Waals surface area contributed by atoms with Crippen LogP contribution >= 0.6 is 0 Å². The van der Waals surface area contributed by atoms with Gasteiger partial charge in [0.1, 0.15) is 0 Å². The molecule has 18 heavy (non-hydrogen) atoms. The molecule has 0 amide bonds. The minimum absolute atomic E-state index is 0.0939. The second-order valence-electron chi connectivity index (χ2n) is 6.98. The van der Waals surface area contributed by atoms with E-state index in [1.165, 1.54) is 0 Å². The van der Waals surface area contributed by atoms with E-state index >= 15 is 0 Å². The van der Waals surface area contributed by atoms with Gasteiger partial charge in [-0.05, 0) is 26.4 Å². The lowest BCUT2D eigenvalue weighted by Gasteiger charge is -2.48. The van der Waals surface area contributed by atoms with Crippen LogP contribution < -0.4 is 0 Å². The molecule has 0 aromatic carbocycles. The van der Waals surface area contributed by atoms with Gasteiger partial charge in [0.25, 0.3) is 0 Å². The van der Waals surface area contributed by atoms with E-state index in [1.54, 1.807) is 0 Å². The molecule has 4 nitrogen and oxygen atoms in total. The minimum Gasteiger partial charge on any atom is -0.393 e. The van der Waals surface area contributed by atoms with E-state index in [0.29, 0.717) is 12.3 Å². The molecule has 0 bridgehead atoms. The first-order valence-corrected chi connectivity index (χ1v) is 6.93. The molecule has 1 saturated heterocycles. The average molecular weight is 257 g/mol. The standard InChI is InChI=1S/C14H27NO3/c1-13(2)9-17-14(18-10-13)6-5-11(8-15(3)4)12(16)7-14/h11-12,16H,5-10H2,1-4H3. The Balaban J connectivity index is 1.92. The lowest BCUT2D eigenvalue weighted by Crippen LogP contribution is -2.53. The fourth-order valence-electron chi connectivity index (χ4n) is 2.87. The summed E-state index contributed by atoms with van der Waals surface area (Å²) in [4.78, 5) is 2.14. The molecule has 0 radical (unpaired) electrons. The summed E-state index contributed by atoms with van der Waals surface area (Å²) in [5, 5.41) is 10.3. The molecular formula is C14H27NO3. The van der Waals surface area contributed by atoms with Crippen molar-refractivity contribution in [2.24, 2.45) is 11.3 Å². The quantitative estimate of drug-likeness (QED) is 0.813. The molecule has 1 heterocycles. The molecule has 0 aromatic heterocycles. The topological polar surface area (TPSA) is 41.9 Å². The Morgan fingerprint density at radius 3 is 2.33 bits per heavy atom. The van der Waals surface area contributed by atoms with E-state index in [4.69, 9.17) is 9.47 Å². The Morgan fingerprint density at radius 2 is 1.83 bits per heavy atom. The van der Waals surface area contributed by atoms with Crippen LogP contribution in [0.3, 0.4) is 0 Å². The predicted octanol–water partition coefficient (Wildman–Crippen LogP) is 1.48. The van der Waals surface area contributed by atoms with Crippen molar-refractivity contribution >= 4 is 0 Å². The number of hydrogen-bond acceptors (Lipinski definition) is 4. The molecule has 106 valence electrons. The van der Waals surface area contributed by atoms with E-state index in [9.17, 15) is 5.11 Å². The van der Waals surface area contributed by atoms with Crippen LogP contribution in [0.4, 0.5) is 0 Å². The van der Waals surface area contributed by atoms with Gasteiger partial charge in [0.15, 0.2) is 5.79 Å². The van der Waals surface area contributed by atoms with Crippen molar-refractivity contribution in [1.82, 2.24) is 4.90 Å². The smallest absolute Gasteiger partial charge is 0.170 e. The Morgan fingerprint density at radius 1 is 1.22 bits per heavy atom. The van der Waals surface area contributed by atoms with Crippen molar-refractivity contribution < 1.29 is 14.6 Å². The van der Waals surface area contributed by atoms with Crippen LogP contribution in [0.25, 0.3) is 0 Å². The molecule has 2 fully saturated rings. The zero-order chi connectivity index (χ0) is 13.4. The first-order chi connectivity index (χ1) is 8.32. The molecule has 4 heteroatoms. The number of ether oxygens (including phenoxy) is 2. The second-order valence-corrected chi connectivity index (χ2v) is 6.98. The van der Waals surface area contributed by atoms with Crippen LogP contribution in [-0.2, 0) is 9.47 Å². The van der Waals surface area contributed by atoms with Crippen LogP contribution in [0.15, 0.2) is 0 Å². The number of aliphatic hydroxyl groups is 1. The van der Waals surface area contributed by atoms with Crippen molar-refractivity contribution in [1.29, 1.82) is 0 Å². The highest BCUT2D eigenvalue weighted by Crippen LogP contribution is 2.41. The zero-order valence-electron chi connectivity index (χ0n) is 12.1. The van der Waals surface area contributed by atoms with Crippen LogP contribution in [0.2, 0.25) is 0 Å². The van der Waals surface area contributed by atoms with E-state index in [-0.39, 0.29) is 11.5 Å². The molecule has 1 N–H and O–H groups in total. The normalized spacial score (nSPS) is 35.0. The molecule has 0 aromatic rings. The van der Waals surface area contributed by atoms with Gasteiger partial charge in [-0.2, -0.15) is 0 Å². The lowest BCUT2D eigenvalue weighted by molar-refractivity contribution is -0.322. The van der Waals surface area contributed by atoms with Gasteiger partial charge in [-0.3, -0.25) is 0 Å². The van der Waals surface area contributed by atoms with Crippen molar-refractivity contribution in [2.75, 3.05) is 33.9 Å². The molecule has 1 aliphatic carbocycles. The highest BCUT2D eigenvalue weighted by Gasteiger charge is 2.46. The van der Waals surface area contributed by atoms with E-state index in [2.05, 4.69) is 18.7 Å². The third-order valence-electron chi connectivity index (χ3n) is 4.01. The van der Waals surface area contributed by atoms with E-state index in [1.807, 2.05) is 14.1 Å². The summed E-state index contributed by atoms with van der Waals surface area (Å²) in [6, 6.07) is 0. The van der Waals surface area contributed by atoms with Gasteiger partial charge in [0.2, 0.25) is 0 Å². The molecule has 1 saturated carbocycles. The van der Waals surface area contributed by atoms with Crippen molar-refractivity contribution in [3.05, 3.63) is 0 Å². The summed E-state index contributed by atoms with van der Waals surface area (Å²) in [6.45, 7) is 6.67. The number of rotatable bonds is 2. The Labute approximate surface area is 110 Å². The SMILES string of the molecule is CN(C)CC1CCC2(CC1O)OCC(C)(C)CO2. The van der Waals surface area contributed by atoms with Crippen molar-refractivity contribution in [3.63, 3.8) is 0 Å². The summed E-state index contributed by atoms with van der Waals surface area (Å²) < 4.78 is 11.9. The summed E-state index contributed by atoms with van der Waals surface area (Å²) in [7, 11) is 4.10. The number of nitrogens with zero attached hydrogens (tertiary/aromatic N) is 1. The third-order valence-corrected chi connectivity index (χ3v) is 4.01. The monoisotopic (exact) mass is 257 g/mol. The number of aliphatic hydroxyl groups excluding tert-OH is 1. The van der Waals surface area contributed by atoms with Crippen LogP contribution in [-0.4, -0.2) is 55.8 Å². The minimum atomic E-state index is -0.516. The maximum atomic E-state index is 10.3. The Bertz CT molecular complexity index is 281. The van der Waals surface area contributed by atoms with Gasteiger partial charge in [-0.15, -0.1) is 0 Å². The first-order valence-electron chi connectivity index (χ1n) is 6.93. The van der Waals surface area contributed by atoms with Crippen molar-refractivity contribution in [3.8, 4) is 0 Å². The Hall–Kier alpha value is -0.160. The van der Waals surface area contributed by atoms with Gasteiger partial charge < -0.3 is 19.5 Å². The molecule has 2 aliphatic rings. The molecular weight excluding hydrogens is 230 g/mol. The molecule has 2 atom stereocenters. The predicted molar refractivity (Wildman–Crippen MR) is 70.3 cm³/mol. The fourth-order valence-corrected chi connectivity index (χ4v) is 2.87.